The lowest BCUT2D eigenvalue weighted by Crippen LogP contribution is -2.59. The van der Waals surface area contributed by atoms with Gasteiger partial charge in [0.15, 0.2) is 0 Å². The Bertz CT molecular complexity index is 246. The lowest BCUT2D eigenvalue weighted by molar-refractivity contribution is -0.149. The van der Waals surface area contributed by atoms with Crippen LogP contribution in [-0.4, -0.2) is 37.1 Å². The zero-order valence-corrected chi connectivity index (χ0v) is 8.72. The monoisotopic (exact) mass is 200 g/mol. The topological polar surface area (TPSA) is 67.4 Å². The molecule has 0 aliphatic carbocycles. The van der Waals surface area contributed by atoms with Gasteiger partial charge in [-0.05, 0) is 26.8 Å². The van der Waals surface area contributed by atoms with E-state index in [1.54, 1.807) is 13.8 Å². The van der Waals surface area contributed by atoms with Crippen LogP contribution in [0.5, 0.6) is 0 Å². The molecule has 1 rings (SSSR count). The molecule has 1 amide bonds. The van der Waals surface area contributed by atoms with Crippen molar-refractivity contribution in [2.24, 2.45) is 0 Å². The van der Waals surface area contributed by atoms with Gasteiger partial charge >= 0.3 is 5.97 Å². The van der Waals surface area contributed by atoms with Crippen molar-refractivity contribution < 1.29 is 14.3 Å². The molecular formula is C9H16N2O3. The molecule has 0 bridgehead atoms. The molecule has 0 aromatic carbocycles. The first-order valence-corrected chi connectivity index (χ1v) is 4.61. The van der Waals surface area contributed by atoms with Crippen molar-refractivity contribution in [2.45, 2.75) is 31.8 Å². The second-order valence-electron chi connectivity index (χ2n) is 3.90. The first-order valence-electron chi connectivity index (χ1n) is 4.61. The number of carbonyl (C=O) groups is 2. The predicted octanol–water partition coefficient (Wildman–Crippen LogP) is -0.584. The molecular weight excluding hydrogens is 184 g/mol. The number of ether oxygens (including phenoxy) is 1. The van der Waals surface area contributed by atoms with E-state index in [0.717, 1.165) is 13.0 Å². The van der Waals surface area contributed by atoms with Crippen LogP contribution >= 0.6 is 0 Å². The quantitative estimate of drug-likeness (QED) is 0.598. The van der Waals surface area contributed by atoms with Gasteiger partial charge in [-0.15, -0.1) is 0 Å². The Morgan fingerprint density at radius 3 is 2.43 bits per heavy atom. The number of nitrogens with one attached hydrogen (secondary N) is 2. The van der Waals surface area contributed by atoms with Crippen LogP contribution in [0.1, 0.15) is 20.3 Å². The summed E-state index contributed by atoms with van der Waals surface area (Å²) in [6, 6.07) is -0.154. The van der Waals surface area contributed by atoms with E-state index in [0.29, 0.717) is 0 Å². The van der Waals surface area contributed by atoms with Gasteiger partial charge in [0.1, 0.15) is 5.54 Å². The highest BCUT2D eigenvalue weighted by Gasteiger charge is 2.34. The molecule has 0 aromatic rings. The summed E-state index contributed by atoms with van der Waals surface area (Å²) in [5, 5.41) is 5.59. The zero-order valence-electron chi connectivity index (χ0n) is 8.72. The number of rotatable bonds is 3. The molecule has 0 aromatic heterocycles. The van der Waals surface area contributed by atoms with Crippen molar-refractivity contribution in [1.29, 1.82) is 0 Å². The van der Waals surface area contributed by atoms with Gasteiger partial charge in [0.05, 0.1) is 13.2 Å². The zero-order chi connectivity index (χ0) is 10.8. The molecule has 14 heavy (non-hydrogen) atoms. The van der Waals surface area contributed by atoms with Crippen molar-refractivity contribution >= 4 is 11.9 Å². The Labute approximate surface area is 83.2 Å². The van der Waals surface area contributed by atoms with Gasteiger partial charge in [0.2, 0.25) is 5.91 Å². The highest BCUT2D eigenvalue weighted by atomic mass is 16.5. The minimum Gasteiger partial charge on any atom is -0.467 e. The van der Waals surface area contributed by atoms with E-state index in [1.807, 2.05) is 0 Å². The predicted molar refractivity (Wildman–Crippen MR) is 50.6 cm³/mol. The fourth-order valence-corrected chi connectivity index (χ4v) is 1.21. The standard InChI is InChI=1S/C9H16N2O3/c1-9(2,8(13)14-3)11-7(12)6-4-5-10-6/h6,10H,4-5H2,1-3H3,(H,11,12)/t6-/m1/s1. The van der Waals surface area contributed by atoms with Gasteiger partial charge < -0.3 is 15.4 Å². The minimum absolute atomic E-state index is 0.147. The van der Waals surface area contributed by atoms with Gasteiger partial charge in [-0.2, -0.15) is 0 Å². The molecule has 0 unspecified atom stereocenters. The van der Waals surface area contributed by atoms with E-state index < -0.39 is 11.5 Å². The summed E-state index contributed by atoms with van der Waals surface area (Å²) >= 11 is 0. The Morgan fingerprint density at radius 2 is 2.07 bits per heavy atom. The summed E-state index contributed by atoms with van der Waals surface area (Å²) in [5.74, 6) is -0.586. The van der Waals surface area contributed by atoms with Crippen LogP contribution in [0, 0.1) is 0 Å². The third-order valence-electron chi connectivity index (χ3n) is 2.27. The smallest absolute Gasteiger partial charge is 0.330 e. The van der Waals surface area contributed by atoms with Crippen molar-refractivity contribution in [2.75, 3.05) is 13.7 Å². The van der Waals surface area contributed by atoms with Crippen LogP contribution in [0.3, 0.4) is 0 Å². The third-order valence-corrected chi connectivity index (χ3v) is 2.27. The van der Waals surface area contributed by atoms with E-state index in [9.17, 15) is 9.59 Å². The second-order valence-corrected chi connectivity index (χ2v) is 3.90. The molecule has 5 heteroatoms. The Balaban J connectivity index is 2.48. The van der Waals surface area contributed by atoms with Gasteiger partial charge in [-0.1, -0.05) is 0 Å². The molecule has 0 saturated carbocycles. The molecule has 1 aliphatic heterocycles. The number of hydrogen-bond donors (Lipinski definition) is 2. The van der Waals surface area contributed by atoms with Crippen molar-refractivity contribution in [1.82, 2.24) is 10.6 Å². The lowest BCUT2D eigenvalue weighted by atomic mass is 10.0. The van der Waals surface area contributed by atoms with Crippen molar-refractivity contribution in [3.63, 3.8) is 0 Å². The highest BCUT2D eigenvalue weighted by Crippen LogP contribution is 2.08. The Hall–Kier alpha value is -1.10. The van der Waals surface area contributed by atoms with Crippen LogP contribution in [0.25, 0.3) is 0 Å². The maximum Gasteiger partial charge on any atom is 0.330 e. The van der Waals surface area contributed by atoms with E-state index in [2.05, 4.69) is 15.4 Å². The highest BCUT2D eigenvalue weighted by molar-refractivity contribution is 5.90. The fourth-order valence-electron chi connectivity index (χ4n) is 1.21. The first kappa shape index (κ1) is 11.0. The van der Waals surface area contributed by atoms with Crippen LogP contribution in [0.15, 0.2) is 0 Å². The van der Waals surface area contributed by atoms with Crippen molar-refractivity contribution in [3.05, 3.63) is 0 Å². The second kappa shape index (κ2) is 3.96. The van der Waals surface area contributed by atoms with Gasteiger partial charge in [-0.25, -0.2) is 4.79 Å². The molecule has 1 fully saturated rings. The minimum atomic E-state index is -0.955. The molecule has 1 aliphatic rings. The molecule has 5 nitrogen and oxygen atoms in total. The summed E-state index contributed by atoms with van der Waals surface area (Å²) < 4.78 is 4.57. The molecule has 1 saturated heterocycles. The number of carbonyl (C=O) groups excluding carboxylic acids is 2. The summed E-state index contributed by atoms with van der Waals surface area (Å²) in [5.41, 5.74) is -0.955. The van der Waals surface area contributed by atoms with Gasteiger partial charge in [0.25, 0.3) is 0 Å². The number of amides is 1. The van der Waals surface area contributed by atoms with Crippen molar-refractivity contribution in [3.8, 4) is 0 Å². The maximum absolute atomic E-state index is 11.5. The van der Waals surface area contributed by atoms with Crippen LogP contribution < -0.4 is 10.6 Å². The average molecular weight is 200 g/mol. The molecule has 1 atom stereocenters. The fraction of sp³-hybridized carbons (Fsp3) is 0.778. The summed E-state index contributed by atoms with van der Waals surface area (Å²) in [6.45, 7) is 4.10. The average Bonchev–Trinajstić information content (AvgIpc) is 1.98. The third kappa shape index (κ3) is 2.23. The Morgan fingerprint density at radius 1 is 1.50 bits per heavy atom. The number of methoxy groups -OCH3 is 1. The van der Waals surface area contributed by atoms with Crippen LogP contribution in [0.2, 0.25) is 0 Å². The van der Waals surface area contributed by atoms with E-state index >= 15 is 0 Å². The van der Waals surface area contributed by atoms with Gasteiger partial charge in [-0.3, -0.25) is 4.79 Å². The summed E-state index contributed by atoms with van der Waals surface area (Å²) in [7, 11) is 1.30. The Kier molecular flexibility index (Phi) is 3.10. The van der Waals surface area contributed by atoms with Gasteiger partial charge in [0, 0.05) is 0 Å². The largest absolute Gasteiger partial charge is 0.467 e. The van der Waals surface area contributed by atoms with Crippen LogP contribution in [0.4, 0.5) is 0 Å². The van der Waals surface area contributed by atoms with E-state index in [4.69, 9.17) is 0 Å². The lowest BCUT2D eigenvalue weighted by Gasteiger charge is -2.30. The number of esters is 1. The SMILES string of the molecule is COC(=O)C(C)(C)NC(=O)[C@H]1CCN1. The van der Waals surface area contributed by atoms with Crippen LogP contribution in [-0.2, 0) is 14.3 Å². The normalized spacial score (nSPS) is 20.9. The molecule has 2 N–H and O–H groups in total. The summed E-state index contributed by atoms with van der Waals surface area (Å²) in [4.78, 5) is 22.7. The van der Waals surface area contributed by atoms with E-state index in [-0.39, 0.29) is 11.9 Å². The molecule has 80 valence electrons. The number of hydrogen-bond acceptors (Lipinski definition) is 4. The first-order chi connectivity index (χ1) is 6.47. The molecule has 0 spiro atoms. The maximum atomic E-state index is 11.5. The summed E-state index contributed by atoms with van der Waals surface area (Å²) in [6.07, 6.45) is 0.823. The molecule has 1 heterocycles. The van der Waals surface area contributed by atoms with E-state index in [1.165, 1.54) is 7.11 Å². The molecule has 0 radical (unpaired) electrons.